The highest BCUT2D eigenvalue weighted by atomic mass is 16.2. The second-order valence-electron chi connectivity index (χ2n) is 5.14. The minimum Gasteiger partial charge on any atom is -0.351 e. The van der Waals surface area contributed by atoms with Crippen LogP contribution in [0, 0.1) is 5.92 Å². The minimum absolute atomic E-state index is 0.0707. The summed E-state index contributed by atoms with van der Waals surface area (Å²) in [4.78, 5) is 11.7. The number of hydrogen-bond acceptors (Lipinski definition) is 2. The van der Waals surface area contributed by atoms with Gasteiger partial charge >= 0.3 is 0 Å². The van der Waals surface area contributed by atoms with Crippen LogP contribution in [0.4, 0.5) is 0 Å². The fraction of sp³-hybridized carbons (Fsp3) is 0.786. The van der Waals surface area contributed by atoms with E-state index in [0.29, 0.717) is 18.5 Å². The third-order valence-corrected chi connectivity index (χ3v) is 3.64. The molecule has 3 heteroatoms. The number of carbonyl (C=O) groups excluding carboxylic acids is 1. The van der Waals surface area contributed by atoms with Crippen molar-refractivity contribution in [3.63, 3.8) is 0 Å². The van der Waals surface area contributed by atoms with Crippen LogP contribution in [0.25, 0.3) is 0 Å². The summed E-state index contributed by atoms with van der Waals surface area (Å²) in [6.07, 6.45) is 8.12. The quantitative estimate of drug-likeness (QED) is 0.569. The highest BCUT2D eigenvalue weighted by Gasteiger charge is 2.23. The standard InChI is InChI=1S/C14H26N2O/c1-4-10-15-14(17)12(3)16-13-9-7-5-6-8-11(13)2/h4,11-13,16H,1,5-10H2,2-3H3,(H,15,17). The summed E-state index contributed by atoms with van der Waals surface area (Å²) >= 11 is 0. The maximum atomic E-state index is 11.7. The average molecular weight is 238 g/mol. The molecule has 0 spiro atoms. The van der Waals surface area contributed by atoms with Crippen LogP contribution in [0.1, 0.15) is 46.0 Å². The van der Waals surface area contributed by atoms with Gasteiger partial charge in [-0.15, -0.1) is 6.58 Å². The Labute approximate surface area is 105 Å². The normalized spacial score (nSPS) is 26.9. The summed E-state index contributed by atoms with van der Waals surface area (Å²) in [5, 5.41) is 6.30. The second kappa shape index (κ2) is 7.49. The van der Waals surface area contributed by atoms with Gasteiger partial charge in [0.25, 0.3) is 0 Å². The molecule has 1 aliphatic carbocycles. The fourth-order valence-corrected chi connectivity index (χ4v) is 2.46. The topological polar surface area (TPSA) is 41.1 Å². The smallest absolute Gasteiger partial charge is 0.237 e. The molecule has 3 unspecified atom stereocenters. The van der Waals surface area contributed by atoms with Crippen molar-refractivity contribution in [1.82, 2.24) is 10.6 Å². The molecule has 0 aliphatic heterocycles. The van der Waals surface area contributed by atoms with E-state index < -0.39 is 0 Å². The predicted molar refractivity (Wildman–Crippen MR) is 71.8 cm³/mol. The Hall–Kier alpha value is -0.830. The van der Waals surface area contributed by atoms with Gasteiger partial charge in [-0.05, 0) is 25.7 Å². The molecule has 0 saturated heterocycles. The van der Waals surface area contributed by atoms with Crippen LogP contribution in [-0.2, 0) is 4.79 Å². The molecule has 3 atom stereocenters. The Morgan fingerprint density at radius 3 is 2.82 bits per heavy atom. The van der Waals surface area contributed by atoms with E-state index in [-0.39, 0.29) is 11.9 Å². The lowest BCUT2D eigenvalue weighted by atomic mass is 9.96. The van der Waals surface area contributed by atoms with Gasteiger partial charge < -0.3 is 10.6 Å². The van der Waals surface area contributed by atoms with Gasteiger partial charge in [-0.2, -0.15) is 0 Å². The monoisotopic (exact) mass is 238 g/mol. The molecule has 1 amide bonds. The largest absolute Gasteiger partial charge is 0.351 e. The van der Waals surface area contributed by atoms with Crippen LogP contribution in [0.3, 0.4) is 0 Å². The van der Waals surface area contributed by atoms with Crippen LogP contribution >= 0.6 is 0 Å². The van der Waals surface area contributed by atoms with Gasteiger partial charge in [0.05, 0.1) is 6.04 Å². The highest BCUT2D eigenvalue weighted by molar-refractivity contribution is 5.81. The molecule has 0 aromatic heterocycles. The lowest BCUT2D eigenvalue weighted by molar-refractivity contribution is -0.122. The number of rotatable bonds is 5. The molecule has 1 aliphatic rings. The first kappa shape index (κ1) is 14.2. The lowest BCUT2D eigenvalue weighted by Gasteiger charge is -2.26. The summed E-state index contributed by atoms with van der Waals surface area (Å²) in [6.45, 7) is 8.37. The number of carbonyl (C=O) groups is 1. The zero-order valence-electron chi connectivity index (χ0n) is 11.2. The zero-order valence-corrected chi connectivity index (χ0v) is 11.2. The average Bonchev–Trinajstić information content (AvgIpc) is 2.52. The molecular weight excluding hydrogens is 212 g/mol. The minimum atomic E-state index is -0.111. The molecule has 0 aromatic carbocycles. The molecule has 1 rings (SSSR count). The van der Waals surface area contributed by atoms with E-state index in [4.69, 9.17) is 0 Å². The first-order chi connectivity index (χ1) is 8.15. The molecule has 17 heavy (non-hydrogen) atoms. The van der Waals surface area contributed by atoms with E-state index >= 15 is 0 Å². The fourth-order valence-electron chi connectivity index (χ4n) is 2.46. The van der Waals surface area contributed by atoms with Crippen LogP contribution < -0.4 is 10.6 Å². The SMILES string of the molecule is C=CCNC(=O)C(C)NC1CCCCCC1C. The van der Waals surface area contributed by atoms with Crippen molar-refractivity contribution >= 4 is 5.91 Å². The first-order valence-corrected chi connectivity index (χ1v) is 6.79. The summed E-state index contributed by atoms with van der Waals surface area (Å²) in [5.41, 5.74) is 0. The molecule has 0 heterocycles. The van der Waals surface area contributed by atoms with E-state index in [1.807, 2.05) is 6.92 Å². The Balaban J connectivity index is 2.39. The Morgan fingerprint density at radius 1 is 1.41 bits per heavy atom. The highest BCUT2D eigenvalue weighted by Crippen LogP contribution is 2.23. The van der Waals surface area contributed by atoms with Crippen LogP contribution in [0.2, 0.25) is 0 Å². The maximum absolute atomic E-state index is 11.7. The van der Waals surface area contributed by atoms with E-state index in [1.165, 1.54) is 32.1 Å². The van der Waals surface area contributed by atoms with Crippen molar-refractivity contribution < 1.29 is 4.79 Å². The summed E-state index contributed by atoms with van der Waals surface area (Å²) in [5.74, 6) is 0.744. The van der Waals surface area contributed by atoms with Crippen molar-refractivity contribution in [2.45, 2.75) is 58.0 Å². The third kappa shape index (κ3) is 4.90. The van der Waals surface area contributed by atoms with Gasteiger partial charge in [0.1, 0.15) is 0 Å². The van der Waals surface area contributed by atoms with Gasteiger partial charge in [-0.3, -0.25) is 4.79 Å². The van der Waals surface area contributed by atoms with Gasteiger partial charge in [-0.25, -0.2) is 0 Å². The second-order valence-corrected chi connectivity index (χ2v) is 5.14. The molecule has 3 nitrogen and oxygen atoms in total. The van der Waals surface area contributed by atoms with Crippen LogP contribution in [0.5, 0.6) is 0 Å². The molecule has 98 valence electrons. The Morgan fingerprint density at radius 2 is 2.12 bits per heavy atom. The summed E-state index contributed by atoms with van der Waals surface area (Å²) in [7, 11) is 0. The number of nitrogens with one attached hydrogen (secondary N) is 2. The predicted octanol–water partition coefficient (Wildman–Crippen LogP) is 2.24. The van der Waals surface area contributed by atoms with E-state index in [9.17, 15) is 4.79 Å². The number of amides is 1. The molecular formula is C14H26N2O. The van der Waals surface area contributed by atoms with Crippen LogP contribution in [-0.4, -0.2) is 24.5 Å². The van der Waals surface area contributed by atoms with Crippen molar-refractivity contribution in [2.75, 3.05) is 6.54 Å². The molecule has 2 N–H and O–H groups in total. The Bertz CT molecular complexity index is 253. The van der Waals surface area contributed by atoms with E-state index in [2.05, 4.69) is 24.1 Å². The molecule has 0 aromatic rings. The molecule has 1 fully saturated rings. The lowest BCUT2D eigenvalue weighted by Crippen LogP contribution is -2.48. The molecule has 1 saturated carbocycles. The van der Waals surface area contributed by atoms with Gasteiger partial charge in [0.15, 0.2) is 0 Å². The van der Waals surface area contributed by atoms with E-state index in [0.717, 1.165) is 0 Å². The maximum Gasteiger partial charge on any atom is 0.237 e. The van der Waals surface area contributed by atoms with Crippen molar-refractivity contribution in [3.05, 3.63) is 12.7 Å². The van der Waals surface area contributed by atoms with Crippen molar-refractivity contribution in [1.29, 1.82) is 0 Å². The molecule has 0 bridgehead atoms. The first-order valence-electron chi connectivity index (χ1n) is 6.79. The summed E-state index contributed by atoms with van der Waals surface area (Å²) in [6, 6.07) is 0.377. The summed E-state index contributed by atoms with van der Waals surface area (Å²) < 4.78 is 0. The van der Waals surface area contributed by atoms with Crippen molar-refractivity contribution in [2.24, 2.45) is 5.92 Å². The number of hydrogen-bond donors (Lipinski definition) is 2. The third-order valence-electron chi connectivity index (χ3n) is 3.64. The van der Waals surface area contributed by atoms with Gasteiger partial charge in [0, 0.05) is 12.6 Å². The molecule has 0 radical (unpaired) electrons. The van der Waals surface area contributed by atoms with Crippen LogP contribution in [0.15, 0.2) is 12.7 Å². The Kier molecular flexibility index (Phi) is 6.27. The van der Waals surface area contributed by atoms with Crippen molar-refractivity contribution in [3.8, 4) is 0 Å². The van der Waals surface area contributed by atoms with Gasteiger partial charge in [-0.1, -0.05) is 32.3 Å². The van der Waals surface area contributed by atoms with E-state index in [1.54, 1.807) is 6.08 Å². The van der Waals surface area contributed by atoms with Gasteiger partial charge in [0.2, 0.25) is 5.91 Å². The zero-order chi connectivity index (χ0) is 12.7.